The molecule has 32 heavy (non-hydrogen) atoms. The molecule has 1 saturated heterocycles. The van der Waals surface area contributed by atoms with Crippen LogP contribution < -0.4 is 21.3 Å². The first-order chi connectivity index (χ1) is 15.3. The lowest BCUT2D eigenvalue weighted by molar-refractivity contribution is -0.0339. The van der Waals surface area contributed by atoms with Gasteiger partial charge in [0.2, 0.25) is 0 Å². The van der Waals surface area contributed by atoms with Gasteiger partial charge in [-0.05, 0) is 39.7 Å². The summed E-state index contributed by atoms with van der Waals surface area (Å²) < 4.78 is 5.94. The van der Waals surface area contributed by atoms with E-state index in [2.05, 4.69) is 30.7 Å². The number of urea groups is 1. The number of ether oxygens (including phenoxy) is 1. The van der Waals surface area contributed by atoms with Crippen molar-refractivity contribution in [3.8, 4) is 0 Å². The van der Waals surface area contributed by atoms with Crippen molar-refractivity contribution in [2.24, 2.45) is 5.16 Å². The molecule has 1 fully saturated rings. The van der Waals surface area contributed by atoms with Crippen LogP contribution in [0.5, 0.6) is 0 Å². The van der Waals surface area contributed by atoms with E-state index >= 15 is 0 Å². The number of piperidine rings is 1. The number of aromatic nitrogens is 2. The Morgan fingerprint density at radius 1 is 1.38 bits per heavy atom. The van der Waals surface area contributed by atoms with Gasteiger partial charge in [0, 0.05) is 31.2 Å². The second kappa shape index (κ2) is 10.4. The monoisotopic (exact) mass is 443 g/mol. The van der Waals surface area contributed by atoms with Crippen LogP contribution in [-0.2, 0) is 9.57 Å². The summed E-state index contributed by atoms with van der Waals surface area (Å²) in [5.74, 6) is 1.06. The molecular formula is C22H33N7O3. The largest absolute Gasteiger partial charge is 0.399 e. The van der Waals surface area contributed by atoms with Gasteiger partial charge in [0.05, 0.1) is 23.5 Å². The molecule has 4 N–H and O–H groups in total. The molecule has 1 aromatic rings. The van der Waals surface area contributed by atoms with Crippen molar-refractivity contribution in [3.05, 3.63) is 35.8 Å². The number of amides is 2. The van der Waals surface area contributed by atoms with E-state index in [4.69, 9.17) is 15.3 Å². The van der Waals surface area contributed by atoms with Gasteiger partial charge < -0.3 is 30.8 Å². The van der Waals surface area contributed by atoms with E-state index in [1.54, 1.807) is 0 Å². The zero-order valence-corrected chi connectivity index (χ0v) is 19.2. The minimum atomic E-state index is -0.333. The minimum absolute atomic E-state index is 0.0734. The maximum Gasteiger partial charge on any atom is 0.319 e. The minimum Gasteiger partial charge on any atom is -0.399 e. The Labute approximate surface area is 188 Å². The lowest BCUT2D eigenvalue weighted by Crippen LogP contribution is -2.48. The number of oxime groups is 1. The van der Waals surface area contributed by atoms with Gasteiger partial charge in [-0.25, -0.2) is 14.8 Å². The Morgan fingerprint density at radius 2 is 2.12 bits per heavy atom. The van der Waals surface area contributed by atoms with Crippen molar-refractivity contribution < 1.29 is 14.4 Å². The van der Waals surface area contributed by atoms with Gasteiger partial charge in [-0.3, -0.25) is 0 Å². The average Bonchev–Trinajstić information content (AvgIpc) is 2.74. The zero-order chi connectivity index (χ0) is 23.1. The van der Waals surface area contributed by atoms with E-state index < -0.39 is 0 Å². The molecule has 0 saturated carbocycles. The fourth-order valence-electron chi connectivity index (χ4n) is 3.90. The SMILES string of the molecule is CO/N=C/c1c(N)ncnc1N1CCC(NC(=O)NC2=CCC(C)(OC(C)C)C=C2)CC1. The molecule has 0 aromatic carbocycles. The first kappa shape index (κ1) is 23.5. The summed E-state index contributed by atoms with van der Waals surface area (Å²) in [6, 6.07) is -0.129. The highest BCUT2D eigenvalue weighted by molar-refractivity contribution is 5.91. The fourth-order valence-corrected chi connectivity index (χ4v) is 3.90. The number of hydrogen-bond donors (Lipinski definition) is 3. The third-order valence-corrected chi connectivity index (χ3v) is 5.42. The normalized spacial score (nSPS) is 21.7. The molecule has 3 rings (SSSR count). The number of nitrogens with two attached hydrogens (primary N) is 1. The van der Waals surface area contributed by atoms with Crippen LogP contribution in [0.4, 0.5) is 16.4 Å². The van der Waals surface area contributed by atoms with Crippen molar-refractivity contribution in [1.82, 2.24) is 20.6 Å². The fraction of sp³-hybridized carbons (Fsp3) is 0.545. The van der Waals surface area contributed by atoms with E-state index in [9.17, 15) is 4.79 Å². The van der Waals surface area contributed by atoms with Crippen LogP contribution in [0.25, 0.3) is 0 Å². The quantitative estimate of drug-likeness (QED) is 0.436. The molecule has 0 bridgehead atoms. The molecule has 2 aliphatic rings. The number of nitrogen functional groups attached to an aromatic ring is 1. The summed E-state index contributed by atoms with van der Waals surface area (Å²) in [4.78, 5) is 27.8. The maximum atomic E-state index is 12.5. The zero-order valence-electron chi connectivity index (χ0n) is 19.2. The van der Waals surface area contributed by atoms with Crippen LogP contribution in [0.15, 0.2) is 35.4 Å². The highest BCUT2D eigenvalue weighted by Crippen LogP contribution is 2.26. The topological polar surface area (TPSA) is 127 Å². The summed E-state index contributed by atoms with van der Waals surface area (Å²) in [7, 11) is 1.47. The molecule has 10 heteroatoms. The second-order valence-electron chi connectivity index (χ2n) is 8.45. The van der Waals surface area contributed by atoms with E-state index in [-0.39, 0.29) is 23.8 Å². The van der Waals surface area contributed by atoms with Crippen LogP contribution >= 0.6 is 0 Å². The van der Waals surface area contributed by atoms with Gasteiger partial charge in [-0.2, -0.15) is 0 Å². The van der Waals surface area contributed by atoms with Gasteiger partial charge in [-0.15, -0.1) is 0 Å². The lowest BCUT2D eigenvalue weighted by atomic mass is 9.96. The van der Waals surface area contributed by atoms with Gasteiger partial charge in [-0.1, -0.05) is 17.3 Å². The molecule has 1 aliphatic heterocycles. The first-order valence-electron chi connectivity index (χ1n) is 10.9. The maximum absolute atomic E-state index is 12.5. The van der Waals surface area contributed by atoms with E-state index in [1.165, 1.54) is 19.7 Å². The van der Waals surface area contributed by atoms with Crippen molar-refractivity contribution >= 4 is 23.9 Å². The number of allylic oxidation sites excluding steroid dienone is 1. The van der Waals surface area contributed by atoms with Crippen molar-refractivity contribution in [2.75, 3.05) is 30.8 Å². The highest BCUT2D eigenvalue weighted by atomic mass is 16.6. The molecule has 1 aromatic heterocycles. The Kier molecular flexibility index (Phi) is 7.68. The third kappa shape index (κ3) is 6.19. The molecule has 0 radical (unpaired) electrons. The molecule has 1 aliphatic carbocycles. The van der Waals surface area contributed by atoms with E-state index in [0.717, 1.165) is 31.6 Å². The van der Waals surface area contributed by atoms with Gasteiger partial charge in [0.1, 0.15) is 25.1 Å². The molecule has 174 valence electrons. The van der Waals surface area contributed by atoms with Crippen LogP contribution in [0.3, 0.4) is 0 Å². The van der Waals surface area contributed by atoms with E-state index in [1.807, 2.05) is 39.0 Å². The summed E-state index contributed by atoms with van der Waals surface area (Å²) in [6.07, 6.45) is 11.3. The summed E-state index contributed by atoms with van der Waals surface area (Å²) >= 11 is 0. The number of carbonyl (C=O) groups excluding carboxylic acids is 1. The van der Waals surface area contributed by atoms with Crippen LogP contribution in [-0.4, -0.2) is 60.2 Å². The number of carbonyl (C=O) groups is 1. The molecule has 1 unspecified atom stereocenters. The summed E-state index contributed by atoms with van der Waals surface area (Å²) in [6.45, 7) is 7.53. The standard InChI is InChI=1S/C22H33N7O3/c1-15(2)32-22(3)9-5-16(6-10-22)27-21(30)28-17-7-11-29(12-8-17)20-18(13-26-31-4)19(23)24-14-25-20/h5-6,9,13-15,17H,7-8,10-12H2,1-4H3,(H2,23,24,25)(H2,27,28,30)/b26-13+. The van der Waals surface area contributed by atoms with Crippen molar-refractivity contribution in [1.29, 1.82) is 0 Å². The second-order valence-corrected chi connectivity index (χ2v) is 8.45. The van der Waals surface area contributed by atoms with Gasteiger partial charge in [0.15, 0.2) is 0 Å². The number of rotatable bonds is 7. The highest BCUT2D eigenvalue weighted by Gasteiger charge is 2.26. The predicted octanol–water partition coefficient (Wildman–Crippen LogP) is 2.33. The first-order valence-corrected chi connectivity index (χ1v) is 10.9. The number of nitrogens with one attached hydrogen (secondary N) is 2. The number of hydrogen-bond acceptors (Lipinski definition) is 8. The lowest BCUT2D eigenvalue weighted by Gasteiger charge is -2.34. The molecule has 10 nitrogen and oxygen atoms in total. The molecule has 2 heterocycles. The van der Waals surface area contributed by atoms with Crippen LogP contribution in [0, 0.1) is 0 Å². The van der Waals surface area contributed by atoms with E-state index in [0.29, 0.717) is 23.6 Å². The predicted molar refractivity (Wildman–Crippen MR) is 124 cm³/mol. The third-order valence-electron chi connectivity index (χ3n) is 5.42. The summed E-state index contributed by atoms with van der Waals surface area (Å²) in [5.41, 5.74) is 7.06. The molecule has 1 atom stereocenters. The van der Waals surface area contributed by atoms with Gasteiger partial charge in [0.25, 0.3) is 0 Å². The number of anilines is 2. The molecule has 2 amide bonds. The molecular weight excluding hydrogens is 410 g/mol. The van der Waals surface area contributed by atoms with Crippen LogP contribution in [0.2, 0.25) is 0 Å². The number of nitrogens with zero attached hydrogens (tertiary/aromatic N) is 4. The van der Waals surface area contributed by atoms with Gasteiger partial charge >= 0.3 is 6.03 Å². The average molecular weight is 444 g/mol. The van der Waals surface area contributed by atoms with Crippen molar-refractivity contribution in [2.45, 2.75) is 57.8 Å². The smallest absolute Gasteiger partial charge is 0.319 e. The Bertz CT molecular complexity index is 892. The Balaban J connectivity index is 1.50. The van der Waals surface area contributed by atoms with Crippen LogP contribution in [0.1, 0.15) is 45.6 Å². The Morgan fingerprint density at radius 3 is 2.75 bits per heavy atom. The molecule has 0 spiro atoms. The summed E-state index contributed by atoms with van der Waals surface area (Å²) in [5, 5.41) is 9.79. The van der Waals surface area contributed by atoms with Crippen molar-refractivity contribution in [3.63, 3.8) is 0 Å². The Hall–Kier alpha value is -3.14.